The van der Waals surface area contributed by atoms with E-state index in [1.807, 2.05) is 6.07 Å². The summed E-state index contributed by atoms with van der Waals surface area (Å²) in [6.45, 7) is 1.86. The van der Waals surface area contributed by atoms with E-state index in [0.717, 1.165) is 37.3 Å². The Morgan fingerprint density at radius 1 is 1.45 bits per heavy atom. The van der Waals surface area contributed by atoms with Crippen LogP contribution in [0.25, 0.3) is 0 Å². The fourth-order valence-electron chi connectivity index (χ4n) is 6.03. The van der Waals surface area contributed by atoms with Gasteiger partial charge >= 0.3 is 6.09 Å². The average molecular weight is 399 g/mol. The Bertz CT molecular complexity index is 885. The number of rotatable bonds is 4. The van der Waals surface area contributed by atoms with Crippen LogP contribution in [0.3, 0.4) is 0 Å². The molecule has 0 saturated carbocycles. The van der Waals surface area contributed by atoms with E-state index in [2.05, 4.69) is 24.1 Å². The molecule has 0 radical (unpaired) electrons. The van der Waals surface area contributed by atoms with Gasteiger partial charge in [0.25, 0.3) is 0 Å². The van der Waals surface area contributed by atoms with Crippen LogP contribution in [0.15, 0.2) is 24.0 Å². The van der Waals surface area contributed by atoms with Crippen LogP contribution in [0.2, 0.25) is 0 Å². The first-order valence-electron chi connectivity index (χ1n) is 10.4. The normalized spacial score (nSPS) is 31.4. The van der Waals surface area contributed by atoms with Crippen LogP contribution >= 0.6 is 0 Å². The predicted molar refractivity (Wildman–Crippen MR) is 108 cm³/mol. The van der Waals surface area contributed by atoms with Gasteiger partial charge in [-0.3, -0.25) is 0 Å². The van der Waals surface area contributed by atoms with Crippen molar-refractivity contribution in [2.24, 2.45) is 11.7 Å². The first-order valence-corrected chi connectivity index (χ1v) is 10.4. The van der Waals surface area contributed by atoms with Crippen molar-refractivity contribution < 1.29 is 19.0 Å². The van der Waals surface area contributed by atoms with Crippen LogP contribution in [0, 0.1) is 5.92 Å². The van der Waals surface area contributed by atoms with Crippen molar-refractivity contribution in [2.75, 3.05) is 40.8 Å². The third-order valence-corrected chi connectivity index (χ3v) is 7.41. The summed E-state index contributed by atoms with van der Waals surface area (Å²) in [4.78, 5) is 16.6. The molecule has 1 saturated heterocycles. The van der Waals surface area contributed by atoms with Crippen molar-refractivity contribution in [1.82, 2.24) is 9.80 Å². The molecule has 5 rings (SSSR count). The molecule has 1 aromatic rings. The lowest BCUT2D eigenvalue weighted by Gasteiger charge is -2.56. The largest absolute Gasteiger partial charge is 0.493 e. The third-order valence-electron chi connectivity index (χ3n) is 7.41. The standard InChI is InChI=1S/C22H29N3O4/c1-24-10-8-22-14-5-7-17(28-21(26)25(2)11-9-23)20(22)29-19-16(27-3)6-4-13(18(19)22)12-15(14)24/h4,6-7,14-15,20H,5,8-12,23H2,1-3H3/t14?,15-,20?,22+/m1/s1. The second-order valence-corrected chi connectivity index (χ2v) is 8.70. The number of piperidine rings is 1. The van der Waals surface area contributed by atoms with Crippen molar-refractivity contribution in [3.63, 3.8) is 0 Å². The summed E-state index contributed by atoms with van der Waals surface area (Å²) >= 11 is 0. The minimum absolute atomic E-state index is 0.161. The Morgan fingerprint density at radius 2 is 2.28 bits per heavy atom. The maximum Gasteiger partial charge on any atom is 0.414 e. The number of benzene rings is 1. The number of allylic oxidation sites excluding steroid dienone is 1. The summed E-state index contributed by atoms with van der Waals surface area (Å²) in [5, 5.41) is 0. The number of likely N-dealkylation sites (N-methyl/N-ethyl adjacent to an activating group) is 2. The van der Waals surface area contributed by atoms with E-state index in [9.17, 15) is 4.79 Å². The van der Waals surface area contributed by atoms with Crippen LogP contribution in [0.4, 0.5) is 4.79 Å². The zero-order valence-corrected chi connectivity index (χ0v) is 17.3. The molecule has 1 fully saturated rings. The van der Waals surface area contributed by atoms with Crippen LogP contribution in [-0.2, 0) is 16.6 Å². The molecule has 156 valence electrons. The molecule has 29 heavy (non-hydrogen) atoms. The second kappa shape index (κ2) is 6.64. The van der Waals surface area contributed by atoms with Gasteiger partial charge in [-0.05, 0) is 56.5 Å². The molecule has 7 nitrogen and oxygen atoms in total. The Kier molecular flexibility index (Phi) is 4.29. The number of nitrogens with zero attached hydrogens (tertiary/aromatic N) is 2. The number of ether oxygens (including phenoxy) is 3. The van der Waals surface area contributed by atoms with Crippen molar-refractivity contribution in [3.05, 3.63) is 35.1 Å². The minimum Gasteiger partial charge on any atom is -0.493 e. The van der Waals surface area contributed by atoms with Crippen molar-refractivity contribution in [3.8, 4) is 11.5 Å². The highest BCUT2D eigenvalue weighted by molar-refractivity contribution is 5.69. The lowest BCUT2D eigenvalue weighted by Crippen LogP contribution is -2.63. The van der Waals surface area contributed by atoms with E-state index in [4.69, 9.17) is 19.9 Å². The second-order valence-electron chi connectivity index (χ2n) is 8.70. The number of nitrogens with two attached hydrogens (primary N) is 1. The molecule has 1 aromatic carbocycles. The predicted octanol–water partition coefficient (Wildman–Crippen LogP) is 1.89. The molecular formula is C22H29N3O4. The number of likely N-dealkylation sites (tertiary alicyclic amines) is 1. The smallest absolute Gasteiger partial charge is 0.414 e. The molecule has 2 aliphatic heterocycles. The van der Waals surface area contributed by atoms with Crippen LogP contribution in [0.1, 0.15) is 24.0 Å². The van der Waals surface area contributed by atoms with Crippen LogP contribution in [0.5, 0.6) is 11.5 Å². The maximum absolute atomic E-state index is 12.6. The molecule has 2 heterocycles. The van der Waals surface area contributed by atoms with Crippen molar-refractivity contribution in [1.29, 1.82) is 0 Å². The lowest BCUT2D eigenvalue weighted by molar-refractivity contribution is -0.0259. The maximum atomic E-state index is 12.6. The van der Waals surface area contributed by atoms with Gasteiger partial charge in [0.1, 0.15) is 5.76 Å². The van der Waals surface area contributed by atoms with E-state index in [1.54, 1.807) is 14.2 Å². The summed E-state index contributed by atoms with van der Waals surface area (Å²) in [6, 6.07) is 4.66. The third kappa shape index (κ3) is 2.47. The average Bonchev–Trinajstić information content (AvgIpc) is 3.07. The molecule has 1 amide bonds. The highest BCUT2D eigenvalue weighted by Crippen LogP contribution is 2.63. The first-order chi connectivity index (χ1) is 14.0. The van der Waals surface area contributed by atoms with E-state index < -0.39 is 0 Å². The number of hydrogen-bond acceptors (Lipinski definition) is 6. The highest BCUT2D eigenvalue weighted by Gasteiger charge is 2.64. The molecule has 2 N–H and O–H groups in total. The zero-order valence-electron chi connectivity index (χ0n) is 17.3. The van der Waals surface area contributed by atoms with Crippen LogP contribution < -0.4 is 15.2 Å². The monoisotopic (exact) mass is 399 g/mol. The molecule has 4 aliphatic rings. The van der Waals surface area contributed by atoms with Crippen molar-refractivity contribution in [2.45, 2.75) is 36.8 Å². The molecule has 7 heteroatoms. The molecule has 1 spiro atoms. The molecule has 2 bridgehead atoms. The van der Waals surface area contributed by atoms with E-state index in [-0.39, 0.29) is 17.6 Å². The van der Waals surface area contributed by atoms with Gasteiger partial charge in [0.05, 0.1) is 7.11 Å². The highest BCUT2D eigenvalue weighted by atomic mass is 16.6. The van der Waals surface area contributed by atoms with Gasteiger partial charge in [-0.15, -0.1) is 0 Å². The Labute approximate surface area is 171 Å². The molecule has 0 aromatic heterocycles. The summed E-state index contributed by atoms with van der Waals surface area (Å²) in [5.41, 5.74) is 8.05. The Morgan fingerprint density at radius 3 is 3.03 bits per heavy atom. The zero-order chi connectivity index (χ0) is 20.3. The van der Waals surface area contributed by atoms with Crippen molar-refractivity contribution >= 4 is 6.09 Å². The molecular weight excluding hydrogens is 370 g/mol. The van der Waals surface area contributed by atoms with E-state index in [1.165, 1.54) is 16.0 Å². The fourth-order valence-corrected chi connectivity index (χ4v) is 6.03. The van der Waals surface area contributed by atoms with Gasteiger partial charge in [-0.1, -0.05) is 6.07 Å². The topological polar surface area (TPSA) is 77.3 Å². The summed E-state index contributed by atoms with van der Waals surface area (Å²) < 4.78 is 18.1. The van der Waals surface area contributed by atoms with Gasteiger partial charge < -0.3 is 29.7 Å². The van der Waals surface area contributed by atoms with E-state index in [0.29, 0.717) is 30.8 Å². The van der Waals surface area contributed by atoms with Gasteiger partial charge in [-0.2, -0.15) is 0 Å². The fraction of sp³-hybridized carbons (Fsp3) is 0.591. The number of hydrogen-bond donors (Lipinski definition) is 1. The van der Waals surface area contributed by atoms with Gasteiger partial charge in [0.15, 0.2) is 17.6 Å². The minimum atomic E-state index is -0.386. The van der Waals surface area contributed by atoms with Gasteiger partial charge in [0, 0.05) is 37.2 Å². The molecule has 2 aliphatic carbocycles. The van der Waals surface area contributed by atoms with Gasteiger partial charge in [-0.25, -0.2) is 4.79 Å². The molecule has 4 atom stereocenters. The number of amides is 1. The molecule has 2 unspecified atom stereocenters. The summed E-state index contributed by atoms with van der Waals surface area (Å²) in [6.07, 6.45) is 4.27. The number of methoxy groups -OCH3 is 1. The Balaban J connectivity index is 1.59. The van der Waals surface area contributed by atoms with Crippen LogP contribution in [-0.4, -0.2) is 68.9 Å². The SMILES string of the molecule is COc1ccc2c3c1OC1C(OC(=O)N(C)CCN)=CCC4[C@@H](C2)N(C)CC[C@]314. The quantitative estimate of drug-likeness (QED) is 0.833. The number of carbonyl (C=O) groups excluding carboxylic acids is 1. The van der Waals surface area contributed by atoms with E-state index >= 15 is 0 Å². The summed E-state index contributed by atoms with van der Waals surface area (Å²) in [7, 11) is 5.60. The van der Waals surface area contributed by atoms with Gasteiger partial charge in [0.2, 0.25) is 0 Å². The Hall–Kier alpha value is -2.25. The summed E-state index contributed by atoms with van der Waals surface area (Å²) in [5.74, 6) is 2.66. The lowest BCUT2D eigenvalue weighted by atomic mass is 9.53. The number of carbonyl (C=O) groups is 1. The first kappa shape index (κ1) is 18.8.